The van der Waals surface area contributed by atoms with Crippen LogP contribution in [0.2, 0.25) is 0 Å². The first-order valence-corrected chi connectivity index (χ1v) is 12.1. The molecule has 1 N–H and O–H groups in total. The minimum absolute atomic E-state index is 0.0505. The van der Waals surface area contributed by atoms with Gasteiger partial charge in [0.2, 0.25) is 11.8 Å². The highest BCUT2D eigenvalue weighted by atomic mass is 16.6. The van der Waals surface area contributed by atoms with Crippen molar-refractivity contribution in [3.63, 3.8) is 0 Å². The Morgan fingerprint density at radius 2 is 1.92 bits per heavy atom. The van der Waals surface area contributed by atoms with Gasteiger partial charge in [-0.2, -0.15) is 0 Å². The summed E-state index contributed by atoms with van der Waals surface area (Å²) in [7, 11) is 3.05. The van der Waals surface area contributed by atoms with Crippen LogP contribution in [0.15, 0.2) is 59.3 Å². The molecule has 4 heterocycles. The molecule has 3 aromatic heterocycles. The molecule has 11 heteroatoms. The third-order valence-electron chi connectivity index (χ3n) is 6.42. The summed E-state index contributed by atoms with van der Waals surface area (Å²) in [6, 6.07) is 12.6. The molecule has 1 atom stereocenters. The Kier molecular flexibility index (Phi) is 6.02. The second kappa shape index (κ2) is 9.67. The predicted octanol–water partition coefficient (Wildman–Crippen LogP) is 5.09. The molecule has 6 rings (SSSR count). The Bertz CT molecular complexity index is 1700. The minimum atomic E-state index is -1.13. The van der Waals surface area contributed by atoms with Gasteiger partial charge in [0.05, 0.1) is 55.3 Å². The average Bonchev–Trinajstić information content (AvgIpc) is 3.39. The number of rotatable bonds is 6. The summed E-state index contributed by atoms with van der Waals surface area (Å²) in [5, 5.41) is 10.5. The molecule has 198 valence electrons. The number of fused-ring (bicyclic) bond motifs is 4. The number of benzene rings is 2. The Balaban J connectivity index is 1.30. The molecule has 39 heavy (non-hydrogen) atoms. The molecule has 0 fully saturated rings. The lowest BCUT2D eigenvalue weighted by Crippen LogP contribution is -2.43. The lowest BCUT2D eigenvalue weighted by atomic mass is 10.1. The van der Waals surface area contributed by atoms with Crippen LogP contribution in [0.25, 0.3) is 33.3 Å². The van der Waals surface area contributed by atoms with E-state index in [0.717, 1.165) is 16.5 Å². The number of anilines is 1. The summed E-state index contributed by atoms with van der Waals surface area (Å²) in [5.74, 6) is 2.48. The van der Waals surface area contributed by atoms with E-state index in [1.165, 1.54) is 18.2 Å². The van der Waals surface area contributed by atoms with E-state index in [1.807, 2.05) is 25.1 Å². The number of hydrogen-bond acceptors (Lipinski definition) is 9. The van der Waals surface area contributed by atoms with Gasteiger partial charge < -0.3 is 28.5 Å². The lowest BCUT2D eigenvalue weighted by Gasteiger charge is -2.30. The number of hydrogen-bond donors (Lipinski definition) is 1. The number of aromatic nitrogens is 3. The molecule has 1 aliphatic heterocycles. The summed E-state index contributed by atoms with van der Waals surface area (Å²) in [6.07, 6.45) is 1.35. The largest absolute Gasteiger partial charge is 0.485 e. The SMILES string of the molecule is COc1ccc(N(C[C@@H]2COc3c(ccc4oc(-c5cc(C)cc6nc(OC)cnc56)cc34)O2)C(=O)O)cn1. The Labute approximate surface area is 222 Å². The summed E-state index contributed by atoms with van der Waals surface area (Å²) in [5.41, 5.74) is 4.21. The van der Waals surface area contributed by atoms with Crippen molar-refractivity contribution < 1.29 is 33.3 Å². The van der Waals surface area contributed by atoms with Crippen molar-refractivity contribution in [2.24, 2.45) is 0 Å². The topological polar surface area (TPSA) is 129 Å². The van der Waals surface area contributed by atoms with Crippen molar-refractivity contribution in [2.75, 3.05) is 32.3 Å². The first-order valence-electron chi connectivity index (χ1n) is 12.1. The van der Waals surface area contributed by atoms with Crippen LogP contribution in [0.5, 0.6) is 23.3 Å². The zero-order chi connectivity index (χ0) is 27.1. The Morgan fingerprint density at radius 1 is 1.08 bits per heavy atom. The normalized spacial score (nSPS) is 14.4. The first kappa shape index (κ1) is 24.3. The summed E-state index contributed by atoms with van der Waals surface area (Å²) in [6.45, 7) is 2.18. The van der Waals surface area contributed by atoms with Crippen LogP contribution in [0.4, 0.5) is 10.5 Å². The fourth-order valence-corrected chi connectivity index (χ4v) is 4.61. The van der Waals surface area contributed by atoms with Gasteiger partial charge in [0.25, 0.3) is 0 Å². The number of carbonyl (C=O) groups is 1. The van der Waals surface area contributed by atoms with Crippen molar-refractivity contribution >= 4 is 33.8 Å². The zero-order valence-corrected chi connectivity index (χ0v) is 21.4. The summed E-state index contributed by atoms with van der Waals surface area (Å²) < 4.78 is 28.8. The van der Waals surface area contributed by atoms with Crippen molar-refractivity contribution in [1.82, 2.24) is 15.0 Å². The molecule has 0 saturated heterocycles. The van der Waals surface area contributed by atoms with Gasteiger partial charge in [0.15, 0.2) is 17.6 Å². The van der Waals surface area contributed by atoms with Gasteiger partial charge in [-0.1, -0.05) is 0 Å². The monoisotopic (exact) mass is 528 g/mol. The van der Waals surface area contributed by atoms with Crippen molar-refractivity contribution in [2.45, 2.75) is 13.0 Å². The summed E-state index contributed by atoms with van der Waals surface area (Å²) >= 11 is 0. The number of aryl methyl sites for hydroxylation is 1. The van der Waals surface area contributed by atoms with Crippen LogP contribution in [0.3, 0.4) is 0 Å². The Hall–Kier alpha value is -5.06. The zero-order valence-electron chi connectivity index (χ0n) is 21.4. The van der Waals surface area contributed by atoms with Crippen LogP contribution in [0.1, 0.15) is 5.56 Å². The molecule has 11 nitrogen and oxygen atoms in total. The van der Waals surface area contributed by atoms with Crippen molar-refractivity contribution in [3.8, 4) is 34.6 Å². The molecule has 0 radical (unpaired) electrons. The molecule has 2 aromatic carbocycles. The standard InChI is InChI=1S/C28H24N4O7/c1-15-8-18(26-20(9-15)31-25(36-3)12-30-26)23-10-19-21(39-23)5-6-22-27(19)37-14-17(38-22)13-32(28(33)34)16-4-7-24(35-2)29-11-16/h4-12,17H,13-14H2,1-3H3,(H,33,34)/t17-/m1/s1. The molecule has 5 aromatic rings. The third kappa shape index (κ3) is 4.48. The van der Waals surface area contributed by atoms with E-state index in [2.05, 4.69) is 15.0 Å². The number of pyridine rings is 1. The highest BCUT2D eigenvalue weighted by molar-refractivity contribution is 5.96. The lowest BCUT2D eigenvalue weighted by molar-refractivity contribution is 0.0960. The van der Waals surface area contributed by atoms with Gasteiger partial charge in [-0.15, -0.1) is 0 Å². The maximum atomic E-state index is 12.0. The van der Waals surface area contributed by atoms with Gasteiger partial charge in [-0.25, -0.2) is 19.7 Å². The van der Waals surface area contributed by atoms with Crippen LogP contribution in [-0.2, 0) is 0 Å². The third-order valence-corrected chi connectivity index (χ3v) is 6.42. The van der Waals surface area contributed by atoms with E-state index in [9.17, 15) is 9.90 Å². The van der Waals surface area contributed by atoms with Crippen molar-refractivity contribution in [1.29, 1.82) is 0 Å². The molecule has 0 aliphatic carbocycles. The molecular formula is C28H24N4O7. The van der Waals surface area contributed by atoms with Crippen LogP contribution < -0.4 is 23.8 Å². The second-order valence-electron chi connectivity index (χ2n) is 9.01. The average molecular weight is 529 g/mol. The van der Waals surface area contributed by atoms with E-state index in [-0.39, 0.29) is 13.2 Å². The van der Waals surface area contributed by atoms with E-state index < -0.39 is 12.2 Å². The first-order chi connectivity index (χ1) is 18.9. The number of furan rings is 1. The summed E-state index contributed by atoms with van der Waals surface area (Å²) in [4.78, 5) is 26.3. The minimum Gasteiger partial charge on any atom is -0.485 e. The van der Waals surface area contributed by atoms with Gasteiger partial charge in [-0.05, 0) is 48.9 Å². The van der Waals surface area contributed by atoms with Gasteiger partial charge >= 0.3 is 6.09 Å². The number of methoxy groups -OCH3 is 2. The molecule has 1 aliphatic rings. The highest BCUT2D eigenvalue weighted by Crippen LogP contribution is 2.43. The maximum absolute atomic E-state index is 12.0. The fraction of sp³-hybridized carbons (Fsp3) is 0.214. The van der Waals surface area contributed by atoms with Crippen LogP contribution in [0, 0.1) is 6.92 Å². The van der Waals surface area contributed by atoms with E-state index in [1.54, 1.807) is 37.6 Å². The van der Waals surface area contributed by atoms with Crippen molar-refractivity contribution in [3.05, 3.63) is 60.4 Å². The van der Waals surface area contributed by atoms with E-state index >= 15 is 0 Å². The molecule has 1 amide bonds. The maximum Gasteiger partial charge on any atom is 0.411 e. The Morgan fingerprint density at radius 3 is 2.67 bits per heavy atom. The number of ether oxygens (including phenoxy) is 4. The number of carboxylic acid groups (broad SMARTS) is 1. The predicted molar refractivity (Wildman–Crippen MR) is 142 cm³/mol. The van der Waals surface area contributed by atoms with Crippen LogP contribution >= 0.6 is 0 Å². The molecular weight excluding hydrogens is 504 g/mol. The van der Waals surface area contributed by atoms with E-state index in [4.69, 9.17) is 23.4 Å². The second-order valence-corrected chi connectivity index (χ2v) is 9.01. The number of amides is 1. The smallest absolute Gasteiger partial charge is 0.411 e. The van der Waals surface area contributed by atoms with E-state index in [0.29, 0.717) is 51.3 Å². The fourth-order valence-electron chi connectivity index (χ4n) is 4.61. The van der Waals surface area contributed by atoms with Gasteiger partial charge in [-0.3, -0.25) is 4.90 Å². The molecule has 0 bridgehead atoms. The molecule has 0 unspecified atom stereocenters. The highest BCUT2D eigenvalue weighted by Gasteiger charge is 2.29. The van der Waals surface area contributed by atoms with Gasteiger partial charge in [0, 0.05) is 11.6 Å². The van der Waals surface area contributed by atoms with Crippen LogP contribution in [-0.4, -0.2) is 59.6 Å². The molecule has 0 spiro atoms. The number of nitrogens with zero attached hydrogens (tertiary/aromatic N) is 4. The quantitative estimate of drug-likeness (QED) is 0.318. The molecule has 0 saturated carbocycles. The van der Waals surface area contributed by atoms with Gasteiger partial charge in [0.1, 0.15) is 18.0 Å².